The lowest BCUT2D eigenvalue weighted by Crippen LogP contribution is -2.45. The fraction of sp³-hybridized carbons (Fsp3) is 0.318. The smallest absolute Gasteiger partial charge is 0.0998 e. The first-order chi connectivity index (χ1) is 12.2. The van der Waals surface area contributed by atoms with E-state index in [1.165, 1.54) is 11.3 Å². The van der Waals surface area contributed by atoms with E-state index in [4.69, 9.17) is 23.2 Å². The maximum atomic E-state index is 9.60. The number of hydrogen-bond donors (Lipinski definition) is 0. The largest absolute Gasteiger partial charge is 0.369 e. The molecule has 26 heavy (non-hydrogen) atoms. The second-order valence-corrected chi connectivity index (χ2v) is 8.43. The minimum Gasteiger partial charge on any atom is -0.369 e. The molecule has 0 amide bonds. The van der Waals surface area contributed by atoms with E-state index in [9.17, 15) is 5.26 Å². The first kappa shape index (κ1) is 18.8. The predicted molar refractivity (Wildman–Crippen MR) is 112 cm³/mol. The molecular formula is C22H22Cl2N2. The standard InChI is InChI=1S/C22H22Cl2N2/c1-14-12-22(2,3)26(4)21-11-20(24)16(10-19(14)21)9-17(13-25)15-5-7-18(23)8-6-15/h5-11,14H,12H2,1-4H3/b17-9-/t14-/m0/s1. The van der Waals surface area contributed by atoms with Crippen LogP contribution in [0.2, 0.25) is 10.0 Å². The zero-order chi connectivity index (χ0) is 19.1. The number of anilines is 1. The monoisotopic (exact) mass is 384 g/mol. The summed E-state index contributed by atoms with van der Waals surface area (Å²) >= 11 is 12.5. The molecular weight excluding hydrogens is 363 g/mol. The number of fused-ring (bicyclic) bond motifs is 1. The Kier molecular flexibility index (Phi) is 5.06. The van der Waals surface area contributed by atoms with Crippen LogP contribution < -0.4 is 4.90 Å². The van der Waals surface area contributed by atoms with E-state index in [2.05, 4.69) is 44.9 Å². The second kappa shape index (κ2) is 6.99. The fourth-order valence-electron chi connectivity index (χ4n) is 3.68. The van der Waals surface area contributed by atoms with Crippen molar-refractivity contribution in [1.82, 2.24) is 0 Å². The summed E-state index contributed by atoms with van der Waals surface area (Å²) in [6.45, 7) is 6.75. The number of nitrogens with zero attached hydrogens (tertiary/aromatic N) is 2. The van der Waals surface area contributed by atoms with Crippen molar-refractivity contribution in [3.63, 3.8) is 0 Å². The Balaban J connectivity index is 2.08. The Hall–Kier alpha value is -1.95. The van der Waals surface area contributed by atoms with Crippen molar-refractivity contribution < 1.29 is 0 Å². The molecule has 1 aliphatic rings. The van der Waals surface area contributed by atoms with Crippen molar-refractivity contribution in [3.05, 3.63) is 63.1 Å². The number of benzene rings is 2. The average Bonchev–Trinajstić information content (AvgIpc) is 2.59. The molecule has 0 N–H and O–H groups in total. The number of rotatable bonds is 2. The zero-order valence-corrected chi connectivity index (χ0v) is 17.0. The van der Waals surface area contributed by atoms with Gasteiger partial charge in [0, 0.05) is 28.3 Å². The third-order valence-electron chi connectivity index (χ3n) is 5.33. The van der Waals surface area contributed by atoms with E-state index in [1.54, 1.807) is 12.1 Å². The number of halogens is 2. The Morgan fingerprint density at radius 3 is 2.50 bits per heavy atom. The van der Waals surface area contributed by atoms with E-state index >= 15 is 0 Å². The van der Waals surface area contributed by atoms with Crippen LogP contribution in [0.5, 0.6) is 0 Å². The molecule has 0 spiro atoms. The van der Waals surface area contributed by atoms with Crippen LogP contribution in [0.4, 0.5) is 5.69 Å². The van der Waals surface area contributed by atoms with Crippen LogP contribution in [0, 0.1) is 11.3 Å². The molecule has 0 radical (unpaired) electrons. The van der Waals surface area contributed by atoms with Crippen LogP contribution in [-0.2, 0) is 0 Å². The molecule has 0 bridgehead atoms. The molecule has 2 aromatic carbocycles. The van der Waals surface area contributed by atoms with Crippen LogP contribution in [0.25, 0.3) is 11.6 Å². The molecule has 2 aromatic rings. The van der Waals surface area contributed by atoms with Crippen LogP contribution in [0.15, 0.2) is 36.4 Å². The lowest BCUT2D eigenvalue weighted by atomic mass is 9.80. The highest BCUT2D eigenvalue weighted by molar-refractivity contribution is 6.32. The van der Waals surface area contributed by atoms with Crippen molar-refractivity contribution in [3.8, 4) is 6.07 Å². The highest BCUT2D eigenvalue weighted by Gasteiger charge is 2.34. The van der Waals surface area contributed by atoms with Crippen molar-refractivity contribution in [2.75, 3.05) is 11.9 Å². The summed E-state index contributed by atoms with van der Waals surface area (Å²) in [5.74, 6) is 0.432. The summed E-state index contributed by atoms with van der Waals surface area (Å²) in [7, 11) is 2.12. The van der Waals surface area contributed by atoms with Crippen LogP contribution >= 0.6 is 23.2 Å². The van der Waals surface area contributed by atoms with Crippen LogP contribution in [0.3, 0.4) is 0 Å². The van der Waals surface area contributed by atoms with Gasteiger partial charge < -0.3 is 4.90 Å². The lowest BCUT2D eigenvalue weighted by Gasteiger charge is -2.45. The van der Waals surface area contributed by atoms with Gasteiger partial charge in [-0.3, -0.25) is 0 Å². The van der Waals surface area contributed by atoms with Gasteiger partial charge in [0.05, 0.1) is 11.6 Å². The maximum Gasteiger partial charge on any atom is 0.0998 e. The lowest BCUT2D eigenvalue weighted by molar-refractivity contribution is 0.395. The topological polar surface area (TPSA) is 27.0 Å². The molecule has 1 heterocycles. The molecule has 0 saturated carbocycles. The molecule has 0 aliphatic carbocycles. The molecule has 0 aromatic heterocycles. The Morgan fingerprint density at radius 2 is 1.88 bits per heavy atom. The second-order valence-electron chi connectivity index (χ2n) is 7.59. The highest BCUT2D eigenvalue weighted by Crippen LogP contribution is 2.44. The van der Waals surface area contributed by atoms with Crippen molar-refractivity contribution >= 4 is 40.5 Å². The third-order valence-corrected chi connectivity index (χ3v) is 5.91. The SMILES string of the molecule is C[C@H]1CC(C)(C)N(C)c2cc(Cl)c(/C=C(/C#N)c3ccc(Cl)cc3)cc21. The summed E-state index contributed by atoms with van der Waals surface area (Å²) in [5.41, 5.74) is 4.81. The summed E-state index contributed by atoms with van der Waals surface area (Å²) in [6.07, 6.45) is 2.93. The number of allylic oxidation sites excluding steroid dienone is 1. The molecule has 0 fully saturated rings. The van der Waals surface area contributed by atoms with Gasteiger partial charge in [-0.1, -0.05) is 42.3 Å². The fourth-order valence-corrected chi connectivity index (χ4v) is 4.02. The van der Waals surface area contributed by atoms with Gasteiger partial charge in [0.15, 0.2) is 0 Å². The summed E-state index contributed by atoms with van der Waals surface area (Å²) in [5, 5.41) is 10.9. The van der Waals surface area contributed by atoms with Gasteiger partial charge in [0.25, 0.3) is 0 Å². The van der Waals surface area contributed by atoms with E-state index in [1.807, 2.05) is 24.3 Å². The van der Waals surface area contributed by atoms with Gasteiger partial charge in [-0.25, -0.2) is 0 Å². The Bertz CT molecular complexity index is 905. The minimum atomic E-state index is 0.0915. The molecule has 2 nitrogen and oxygen atoms in total. The normalized spacial score (nSPS) is 19.0. The first-order valence-corrected chi connectivity index (χ1v) is 9.43. The molecule has 3 rings (SSSR count). The van der Waals surface area contributed by atoms with Gasteiger partial charge in [-0.2, -0.15) is 5.26 Å². The van der Waals surface area contributed by atoms with Crippen molar-refractivity contribution in [2.24, 2.45) is 0 Å². The van der Waals surface area contributed by atoms with E-state index in [-0.39, 0.29) is 5.54 Å². The highest BCUT2D eigenvalue weighted by atomic mass is 35.5. The summed E-state index contributed by atoms with van der Waals surface area (Å²) in [4.78, 5) is 2.30. The third kappa shape index (κ3) is 3.47. The van der Waals surface area contributed by atoms with Gasteiger partial charge in [0.1, 0.15) is 0 Å². The van der Waals surface area contributed by atoms with Crippen molar-refractivity contribution in [1.29, 1.82) is 5.26 Å². The number of nitriles is 1. The average molecular weight is 385 g/mol. The minimum absolute atomic E-state index is 0.0915. The first-order valence-electron chi connectivity index (χ1n) is 8.68. The van der Waals surface area contributed by atoms with Gasteiger partial charge in [0.2, 0.25) is 0 Å². The zero-order valence-electron chi connectivity index (χ0n) is 15.5. The molecule has 134 valence electrons. The van der Waals surface area contributed by atoms with Gasteiger partial charge in [-0.05, 0) is 73.2 Å². The van der Waals surface area contributed by atoms with E-state index < -0.39 is 0 Å². The quantitative estimate of drug-likeness (QED) is 0.421. The van der Waals surface area contributed by atoms with E-state index in [0.29, 0.717) is 21.5 Å². The van der Waals surface area contributed by atoms with Gasteiger partial charge in [-0.15, -0.1) is 0 Å². The predicted octanol–water partition coefficient (Wildman–Crippen LogP) is 6.78. The van der Waals surface area contributed by atoms with Crippen molar-refractivity contribution in [2.45, 2.75) is 38.6 Å². The summed E-state index contributed by atoms with van der Waals surface area (Å²) < 4.78 is 0. The van der Waals surface area contributed by atoms with Gasteiger partial charge >= 0.3 is 0 Å². The Labute approximate surface area is 165 Å². The van der Waals surface area contributed by atoms with Crippen LogP contribution in [0.1, 0.15) is 49.8 Å². The molecule has 0 saturated heterocycles. The van der Waals surface area contributed by atoms with E-state index in [0.717, 1.165) is 17.5 Å². The molecule has 1 aliphatic heterocycles. The Morgan fingerprint density at radius 1 is 1.23 bits per heavy atom. The number of hydrogen-bond acceptors (Lipinski definition) is 2. The molecule has 1 atom stereocenters. The van der Waals surface area contributed by atoms with Crippen LogP contribution in [-0.4, -0.2) is 12.6 Å². The maximum absolute atomic E-state index is 9.60. The molecule has 0 unspecified atom stereocenters. The summed E-state index contributed by atoms with van der Waals surface area (Å²) in [6, 6.07) is 13.7. The molecule has 4 heteroatoms.